The molecule has 0 saturated heterocycles. The number of anilines is 1. The summed E-state index contributed by atoms with van der Waals surface area (Å²) in [6, 6.07) is 7.31. The van der Waals surface area contributed by atoms with Gasteiger partial charge in [-0.15, -0.1) is 0 Å². The molecule has 0 fully saturated rings. The zero-order valence-electron chi connectivity index (χ0n) is 9.52. The lowest BCUT2D eigenvalue weighted by molar-refractivity contribution is 0.442. The van der Waals surface area contributed by atoms with Crippen LogP contribution >= 0.6 is 0 Å². The van der Waals surface area contributed by atoms with Gasteiger partial charge < -0.3 is 16.2 Å². The SMILES string of the molecule is CC/C=C(\C=C/CN)Oc1ccc(N)cc1. The van der Waals surface area contributed by atoms with E-state index in [1.807, 2.05) is 42.5 Å². The van der Waals surface area contributed by atoms with E-state index in [9.17, 15) is 0 Å². The standard InChI is InChI=1S/C13H18N2O/c1-2-4-12(5-3-10-14)16-13-8-6-11(15)7-9-13/h3-9H,2,10,14-15H2,1H3/b5-3-,12-4+. The second kappa shape index (κ2) is 6.69. The highest BCUT2D eigenvalue weighted by Crippen LogP contribution is 2.16. The van der Waals surface area contributed by atoms with Gasteiger partial charge in [-0.05, 0) is 42.8 Å². The Morgan fingerprint density at radius 1 is 1.31 bits per heavy atom. The summed E-state index contributed by atoms with van der Waals surface area (Å²) in [7, 11) is 0. The summed E-state index contributed by atoms with van der Waals surface area (Å²) < 4.78 is 5.68. The minimum atomic E-state index is 0.506. The third-order valence-electron chi connectivity index (χ3n) is 1.94. The molecule has 0 atom stereocenters. The van der Waals surface area contributed by atoms with E-state index >= 15 is 0 Å². The van der Waals surface area contributed by atoms with Gasteiger partial charge in [0, 0.05) is 12.2 Å². The number of hydrogen-bond acceptors (Lipinski definition) is 3. The fourth-order valence-corrected chi connectivity index (χ4v) is 1.20. The molecule has 0 aliphatic rings. The van der Waals surface area contributed by atoms with Crippen LogP contribution in [0.25, 0.3) is 0 Å². The number of nitrogen functional groups attached to an aromatic ring is 1. The molecule has 0 saturated carbocycles. The van der Waals surface area contributed by atoms with Gasteiger partial charge >= 0.3 is 0 Å². The van der Waals surface area contributed by atoms with Crippen molar-refractivity contribution in [1.82, 2.24) is 0 Å². The molecule has 0 unspecified atom stereocenters. The predicted molar refractivity (Wildman–Crippen MR) is 68.1 cm³/mol. The van der Waals surface area contributed by atoms with Gasteiger partial charge in [-0.1, -0.05) is 13.0 Å². The molecule has 1 rings (SSSR count). The Bertz CT molecular complexity index is 366. The Kier molecular flexibility index (Phi) is 5.16. The average molecular weight is 218 g/mol. The van der Waals surface area contributed by atoms with E-state index in [1.165, 1.54) is 0 Å². The summed E-state index contributed by atoms with van der Waals surface area (Å²) in [5, 5.41) is 0. The lowest BCUT2D eigenvalue weighted by Gasteiger charge is -2.06. The zero-order chi connectivity index (χ0) is 11.8. The Morgan fingerprint density at radius 2 is 2.00 bits per heavy atom. The minimum absolute atomic E-state index is 0.506. The predicted octanol–water partition coefficient (Wildman–Crippen LogP) is 2.46. The largest absolute Gasteiger partial charge is 0.458 e. The first kappa shape index (κ1) is 12.3. The molecule has 16 heavy (non-hydrogen) atoms. The molecule has 1 aromatic rings. The van der Waals surface area contributed by atoms with Crippen molar-refractivity contribution >= 4 is 5.69 Å². The first-order valence-corrected chi connectivity index (χ1v) is 5.36. The summed E-state index contributed by atoms with van der Waals surface area (Å²) in [6.45, 7) is 2.56. The fraction of sp³-hybridized carbons (Fsp3) is 0.231. The number of allylic oxidation sites excluding steroid dienone is 2. The molecule has 86 valence electrons. The van der Waals surface area contributed by atoms with Crippen LogP contribution in [0.15, 0.2) is 48.3 Å². The molecule has 1 aromatic carbocycles. The van der Waals surface area contributed by atoms with E-state index in [0.717, 1.165) is 23.6 Å². The summed E-state index contributed by atoms with van der Waals surface area (Å²) in [5.41, 5.74) is 11.7. The van der Waals surface area contributed by atoms with Crippen LogP contribution in [-0.2, 0) is 0 Å². The van der Waals surface area contributed by atoms with Crippen LogP contribution in [0.3, 0.4) is 0 Å². The minimum Gasteiger partial charge on any atom is -0.458 e. The van der Waals surface area contributed by atoms with Crippen LogP contribution in [0.2, 0.25) is 0 Å². The quantitative estimate of drug-likeness (QED) is 0.453. The van der Waals surface area contributed by atoms with Crippen LogP contribution in [0.4, 0.5) is 5.69 Å². The van der Waals surface area contributed by atoms with E-state index in [0.29, 0.717) is 6.54 Å². The fourth-order valence-electron chi connectivity index (χ4n) is 1.20. The van der Waals surface area contributed by atoms with E-state index in [4.69, 9.17) is 16.2 Å². The van der Waals surface area contributed by atoms with Gasteiger partial charge in [0.05, 0.1) is 0 Å². The maximum atomic E-state index is 5.68. The normalized spacial score (nSPS) is 12.0. The summed E-state index contributed by atoms with van der Waals surface area (Å²) in [6.07, 6.45) is 6.65. The highest BCUT2D eigenvalue weighted by Gasteiger charge is 1.96. The maximum absolute atomic E-state index is 5.68. The van der Waals surface area contributed by atoms with E-state index < -0.39 is 0 Å². The second-order valence-electron chi connectivity index (χ2n) is 3.32. The lowest BCUT2D eigenvalue weighted by Crippen LogP contribution is -1.96. The van der Waals surface area contributed by atoms with E-state index in [1.54, 1.807) is 0 Å². The maximum Gasteiger partial charge on any atom is 0.127 e. The van der Waals surface area contributed by atoms with Gasteiger partial charge in [0.2, 0.25) is 0 Å². The van der Waals surface area contributed by atoms with Gasteiger partial charge in [-0.25, -0.2) is 0 Å². The number of nitrogens with two attached hydrogens (primary N) is 2. The van der Waals surface area contributed by atoms with Gasteiger partial charge in [-0.3, -0.25) is 0 Å². The highest BCUT2D eigenvalue weighted by atomic mass is 16.5. The Morgan fingerprint density at radius 3 is 2.56 bits per heavy atom. The molecule has 0 spiro atoms. The second-order valence-corrected chi connectivity index (χ2v) is 3.32. The van der Waals surface area contributed by atoms with Crippen molar-refractivity contribution in [3.63, 3.8) is 0 Å². The van der Waals surface area contributed by atoms with Crippen LogP contribution in [-0.4, -0.2) is 6.54 Å². The van der Waals surface area contributed by atoms with Crippen LogP contribution in [0, 0.1) is 0 Å². The molecule has 0 aromatic heterocycles. The Balaban J connectivity index is 2.72. The van der Waals surface area contributed by atoms with Crippen molar-refractivity contribution in [3.8, 4) is 5.75 Å². The van der Waals surface area contributed by atoms with Gasteiger partial charge in [0.25, 0.3) is 0 Å². The van der Waals surface area contributed by atoms with Crippen molar-refractivity contribution in [2.75, 3.05) is 12.3 Å². The first-order valence-electron chi connectivity index (χ1n) is 5.36. The molecule has 3 heteroatoms. The molecule has 0 aliphatic heterocycles. The summed E-state index contributed by atoms with van der Waals surface area (Å²) in [5.74, 6) is 1.58. The third-order valence-corrected chi connectivity index (χ3v) is 1.94. The Labute approximate surface area is 96.4 Å². The van der Waals surface area contributed by atoms with Crippen molar-refractivity contribution in [2.24, 2.45) is 5.73 Å². The first-order chi connectivity index (χ1) is 7.76. The monoisotopic (exact) mass is 218 g/mol. The molecular weight excluding hydrogens is 200 g/mol. The highest BCUT2D eigenvalue weighted by molar-refractivity contribution is 5.42. The molecule has 0 bridgehead atoms. The molecule has 0 aliphatic carbocycles. The van der Waals surface area contributed by atoms with Crippen LogP contribution < -0.4 is 16.2 Å². The van der Waals surface area contributed by atoms with E-state index in [2.05, 4.69) is 6.92 Å². The summed E-state index contributed by atoms with van der Waals surface area (Å²) >= 11 is 0. The van der Waals surface area contributed by atoms with Gasteiger partial charge in [-0.2, -0.15) is 0 Å². The number of benzene rings is 1. The number of hydrogen-bond donors (Lipinski definition) is 2. The smallest absolute Gasteiger partial charge is 0.127 e. The van der Waals surface area contributed by atoms with Crippen LogP contribution in [0.5, 0.6) is 5.75 Å². The van der Waals surface area contributed by atoms with E-state index in [-0.39, 0.29) is 0 Å². The molecule has 0 radical (unpaired) electrons. The Hall–Kier alpha value is -1.74. The van der Waals surface area contributed by atoms with Gasteiger partial charge in [0.1, 0.15) is 11.5 Å². The molecular formula is C13H18N2O. The third kappa shape index (κ3) is 4.19. The van der Waals surface area contributed by atoms with Crippen molar-refractivity contribution < 1.29 is 4.74 Å². The molecule has 4 N–H and O–H groups in total. The molecule has 3 nitrogen and oxygen atoms in total. The topological polar surface area (TPSA) is 61.3 Å². The van der Waals surface area contributed by atoms with Crippen molar-refractivity contribution in [3.05, 3.63) is 48.3 Å². The number of rotatable bonds is 5. The van der Waals surface area contributed by atoms with Crippen LogP contribution in [0.1, 0.15) is 13.3 Å². The zero-order valence-corrected chi connectivity index (χ0v) is 9.52. The molecule has 0 amide bonds. The summed E-state index contributed by atoms with van der Waals surface area (Å²) in [4.78, 5) is 0. The number of ether oxygens (including phenoxy) is 1. The average Bonchev–Trinajstić information content (AvgIpc) is 2.29. The van der Waals surface area contributed by atoms with Gasteiger partial charge in [0.15, 0.2) is 0 Å². The van der Waals surface area contributed by atoms with Crippen molar-refractivity contribution in [1.29, 1.82) is 0 Å². The lowest BCUT2D eigenvalue weighted by atomic mass is 10.3. The molecule has 0 heterocycles. The van der Waals surface area contributed by atoms with Crippen molar-refractivity contribution in [2.45, 2.75) is 13.3 Å².